The van der Waals surface area contributed by atoms with E-state index in [4.69, 9.17) is 11.6 Å². The van der Waals surface area contributed by atoms with Gasteiger partial charge in [-0.1, -0.05) is 23.7 Å². The molecule has 1 fully saturated rings. The highest BCUT2D eigenvalue weighted by Crippen LogP contribution is 2.10. The van der Waals surface area contributed by atoms with Crippen molar-refractivity contribution in [2.75, 3.05) is 0 Å². The van der Waals surface area contributed by atoms with Crippen LogP contribution in [-0.4, -0.2) is 12.1 Å². The zero-order valence-electron chi connectivity index (χ0n) is 8.29. The molecule has 1 heterocycles. The normalized spacial score (nSPS) is 20.3. The minimum Gasteiger partial charge on any atom is -0.341 e. The first-order chi connectivity index (χ1) is 7.24. The maximum atomic E-state index is 10.9. The Kier molecular flexibility index (Phi) is 3.23. The van der Waals surface area contributed by atoms with E-state index in [1.54, 1.807) is 0 Å². The van der Waals surface area contributed by atoms with Crippen LogP contribution in [0.4, 0.5) is 0 Å². The average Bonchev–Trinajstić information content (AvgIpc) is 2.64. The molecule has 1 aliphatic heterocycles. The van der Waals surface area contributed by atoms with E-state index in [-0.39, 0.29) is 12.1 Å². The molecule has 3 nitrogen and oxygen atoms in total. The van der Waals surface area contributed by atoms with Crippen molar-refractivity contribution in [3.63, 3.8) is 0 Å². The zero-order valence-corrected chi connectivity index (χ0v) is 9.05. The molecule has 4 heteroatoms. The SMILES string of the molecule is O=C1CCC(NCc2ccc(Cl)cc2)N1. The smallest absolute Gasteiger partial charge is 0.221 e. The Morgan fingerprint density at radius 2 is 2.13 bits per heavy atom. The van der Waals surface area contributed by atoms with Crippen LogP contribution in [0.5, 0.6) is 0 Å². The maximum Gasteiger partial charge on any atom is 0.221 e. The Morgan fingerprint density at radius 1 is 1.40 bits per heavy atom. The molecule has 0 spiro atoms. The van der Waals surface area contributed by atoms with Gasteiger partial charge in [-0.15, -0.1) is 0 Å². The highest BCUT2D eigenvalue weighted by Gasteiger charge is 2.19. The van der Waals surface area contributed by atoms with Crippen LogP contribution in [0.3, 0.4) is 0 Å². The Hall–Kier alpha value is -1.06. The predicted molar refractivity (Wildman–Crippen MR) is 59.5 cm³/mol. The number of amides is 1. The van der Waals surface area contributed by atoms with Gasteiger partial charge in [0.05, 0.1) is 6.17 Å². The van der Waals surface area contributed by atoms with Crippen LogP contribution in [0.15, 0.2) is 24.3 Å². The van der Waals surface area contributed by atoms with Crippen LogP contribution in [0.2, 0.25) is 5.02 Å². The predicted octanol–water partition coefficient (Wildman–Crippen LogP) is 1.67. The van der Waals surface area contributed by atoms with Crippen LogP contribution in [-0.2, 0) is 11.3 Å². The van der Waals surface area contributed by atoms with Gasteiger partial charge in [0.1, 0.15) is 0 Å². The Labute approximate surface area is 93.8 Å². The maximum absolute atomic E-state index is 10.9. The summed E-state index contributed by atoms with van der Waals surface area (Å²) in [7, 11) is 0. The summed E-state index contributed by atoms with van der Waals surface area (Å²) in [5.41, 5.74) is 1.17. The molecule has 1 atom stereocenters. The van der Waals surface area contributed by atoms with E-state index >= 15 is 0 Å². The van der Waals surface area contributed by atoms with Gasteiger partial charge in [0.2, 0.25) is 5.91 Å². The molecule has 1 aromatic rings. The first-order valence-electron chi connectivity index (χ1n) is 5.01. The lowest BCUT2D eigenvalue weighted by molar-refractivity contribution is -0.119. The summed E-state index contributed by atoms with van der Waals surface area (Å²) in [6.07, 6.45) is 1.61. The Balaban J connectivity index is 1.83. The van der Waals surface area contributed by atoms with Crippen molar-refractivity contribution in [2.24, 2.45) is 0 Å². The summed E-state index contributed by atoms with van der Waals surface area (Å²) in [6, 6.07) is 7.69. The van der Waals surface area contributed by atoms with E-state index in [2.05, 4.69) is 10.6 Å². The molecule has 0 saturated carbocycles. The number of carbonyl (C=O) groups excluding carboxylic acids is 1. The number of hydrogen-bond donors (Lipinski definition) is 2. The number of benzene rings is 1. The number of halogens is 1. The standard InChI is InChI=1S/C11H13ClN2O/c12-9-3-1-8(2-4-9)7-13-10-5-6-11(15)14-10/h1-4,10,13H,5-7H2,(H,14,15). The molecule has 2 rings (SSSR count). The number of carbonyl (C=O) groups is 1. The molecule has 0 bridgehead atoms. The van der Waals surface area contributed by atoms with Gasteiger partial charge in [-0.25, -0.2) is 0 Å². The first kappa shape index (κ1) is 10.5. The number of rotatable bonds is 3. The second kappa shape index (κ2) is 4.64. The third-order valence-electron chi connectivity index (χ3n) is 2.46. The van der Waals surface area contributed by atoms with Crippen molar-refractivity contribution in [1.29, 1.82) is 0 Å². The van der Waals surface area contributed by atoms with Crippen molar-refractivity contribution in [1.82, 2.24) is 10.6 Å². The molecule has 1 aliphatic rings. The van der Waals surface area contributed by atoms with E-state index < -0.39 is 0 Å². The summed E-state index contributed by atoms with van der Waals surface area (Å²) < 4.78 is 0. The first-order valence-corrected chi connectivity index (χ1v) is 5.39. The monoisotopic (exact) mass is 224 g/mol. The molecule has 2 N–H and O–H groups in total. The quantitative estimate of drug-likeness (QED) is 0.820. The fourth-order valence-corrected chi connectivity index (χ4v) is 1.74. The highest BCUT2D eigenvalue weighted by atomic mass is 35.5. The molecule has 1 saturated heterocycles. The van der Waals surface area contributed by atoms with Crippen molar-refractivity contribution in [3.8, 4) is 0 Å². The highest BCUT2D eigenvalue weighted by molar-refractivity contribution is 6.30. The molecule has 1 amide bonds. The van der Waals surface area contributed by atoms with Crippen molar-refractivity contribution < 1.29 is 4.79 Å². The summed E-state index contributed by atoms with van der Waals surface area (Å²) in [4.78, 5) is 10.9. The third-order valence-corrected chi connectivity index (χ3v) is 2.71. The van der Waals surface area contributed by atoms with Gasteiger partial charge in [0.15, 0.2) is 0 Å². The summed E-state index contributed by atoms with van der Waals surface area (Å²) in [6.45, 7) is 0.752. The van der Waals surface area contributed by atoms with Gasteiger partial charge in [-0.05, 0) is 24.1 Å². The van der Waals surface area contributed by atoms with Crippen LogP contribution < -0.4 is 10.6 Å². The van der Waals surface area contributed by atoms with Gasteiger partial charge in [-0.2, -0.15) is 0 Å². The summed E-state index contributed by atoms with van der Waals surface area (Å²) in [5.74, 6) is 0.128. The fourth-order valence-electron chi connectivity index (χ4n) is 1.61. The number of nitrogens with one attached hydrogen (secondary N) is 2. The lowest BCUT2D eigenvalue weighted by Gasteiger charge is -2.12. The van der Waals surface area contributed by atoms with Gasteiger partial charge < -0.3 is 5.32 Å². The van der Waals surface area contributed by atoms with Crippen molar-refractivity contribution in [2.45, 2.75) is 25.6 Å². The van der Waals surface area contributed by atoms with Crippen molar-refractivity contribution >= 4 is 17.5 Å². The Bertz CT molecular complexity index is 350. The van der Waals surface area contributed by atoms with Crippen LogP contribution in [0.25, 0.3) is 0 Å². The Morgan fingerprint density at radius 3 is 2.73 bits per heavy atom. The molecule has 0 radical (unpaired) electrons. The molecule has 1 aromatic carbocycles. The number of hydrogen-bond acceptors (Lipinski definition) is 2. The average molecular weight is 225 g/mol. The van der Waals surface area contributed by atoms with Gasteiger partial charge in [0.25, 0.3) is 0 Å². The summed E-state index contributed by atoms with van der Waals surface area (Å²) >= 11 is 5.78. The second-order valence-electron chi connectivity index (χ2n) is 3.67. The zero-order chi connectivity index (χ0) is 10.7. The molecule has 1 unspecified atom stereocenters. The van der Waals surface area contributed by atoms with E-state index in [0.29, 0.717) is 6.42 Å². The second-order valence-corrected chi connectivity index (χ2v) is 4.10. The lowest BCUT2D eigenvalue weighted by Crippen LogP contribution is -2.38. The lowest BCUT2D eigenvalue weighted by atomic mass is 10.2. The van der Waals surface area contributed by atoms with Crippen LogP contribution in [0.1, 0.15) is 18.4 Å². The van der Waals surface area contributed by atoms with E-state index in [9.17, 15) is 4.79 Å². The topological polar surface area (TPSA) is 41.1 Å². The van der Waals surface area contributed by atoms with Gasteiger partial charge in [0, 0.05) is 18.0 Å². The van der Waals surface area contributed by atoms with E-state index in [0.717, 1.165) is 18.0 Å². The molecule has 0 aromatic heterocycles. The largest absolute Gasteiger partial charge is 0.341 e. The van der Waals surface area contributed by atoms with E-state index in [1.807, 2.05) is 24.3 Å². The van der Waals surface area contributed by atoms with Gasteiger partial charge in [-0.3, -0.25) is 10.1 Å². The van der Waals surface area contributed by atoms with Crippen molar-refractivity contribution in [3.05, 3.63) is 34.9 Å². The van der Waals surface area contributed by atoms with Crippen LogP contribution >= 0.6 is 11.6 Å². The third kappa shape index (κ3) is 2.94. The van der Waals surface area contributed by atoms with Gasteiger partial charge >= 0.3 is 0 Å². The molecular formula is C11H13ClN2O. The molecular weight excluding hydrogens is 212 g/mol. The molecule has 0 aliphatic carbocycles. The molecule has 80 valence electrons. The van der Waals surface area contributed by atoms with E-state index in [1.165, 1.54) is 5.56 Å². The van der Waals surface area contributed by atoms with Crippen LogP contribution in [0, 0.1) is 0 Å². The summed E-state index contributed by atoms with van der Waals surface area (Å²) in [5, 5.41) is 6.88. The fraction of sp³-hybridized carbons (Fsp3) is 0.364. The minimum atomic E-state index is 0.119. The molecule has 15 heavy (non-hydrogen) atoms. The minimum absolute atomic E-state index is 0.119.